The van der Waals surface area contributed by atoms with Gasteiger partial charge in [0, 0.05) is 6.42 Å². The van der Waals surface area contributed by atoms with Crippen LogP contribution >= 0.6 is 0 Å². The highest BCUT2D eigenvalue weighted by molar-refractivity contribution is 5.69. The minimum atomic E-state index is -1.16. The number of aliphatic hydroxyl groups is 2. The van der Waals surface area contributed by atoms with Crippen molar-refractivity contribution < 1.29 is 34.0 Å². The molecule has 7 nitrogen and oxygen atoms in total. The first kappa shape index (κ1) is 16.6. The number of carbonyl (C=O) groups excluding carboxylic acids is 1. The molecule has 0 aromatic carbocycles. The van der Waals surface area contributed by atoms with Crippen molar-refractivity contribution >= 4 is 5.97 Å². The fraction of sp³-hybridized carbons (Fsp3) is 0.929. The molecule has 122 valence electrons. The van der Waals surface area contributed by atoms with Crippen molar-refractivity contribution in [1.29, 1.82) is 0 Å². The number of hydrogen-bond donors (Lipinski definition) is 2. The second-order valence-corrected chi connectivity index (χ2v) is 5.88. The Morgan fingerprint density at radius 2 is 2.10 bits per heavy atom. The third-order valence-corrected chi connectivity index (χ3v) is 3.60. The Morgan fingerprint density at radius 3 is 2.71 bits per heavy atom. The molecule has 0 aliphatic carbocycles. The van der Waals surface area contributed by atoms with Crippen LogP contribution < -0.4 is 0 Å². The molecule has 0 aromatic rings. The van der Waals surface area contributed by atoms with E-state index in [0.717, 1.165) is 12.8 Å². The van der Waals surface area contributed by atoms with Crippen molar-refractivity contribution in [2.45, 2.75) is 76.5 Å². The summed E-state index contributed by atoms with van der Waals surface area (Å²) in [6.45, 7) is 4.97. The number of carbonyl (C=O) groups is 1. The molecule has 21 heavy (non-hydrogen) atoms. The molecule has 2 saturated heterocycles. The Balaban J connectivity index is 2.06. The van der Waals surface area contributed by atoms with Gasteiger partial charge in [0.2, 0.25) is 0 Å². The second kappa shape index (κ2) is 6.58. The highest BCUT2D eigenvalue weighted by Crippen LogP contribution is 2.39. The van der Waals surface area contributed by atoms with Gasteiger partial charge in [0.15, 0.2) is 24.3 Å². The molecule has 0 aromatic heterocycles. The lowest BCUT2D eigenvalue weighted by Gasteiger charge is -2.27. The molecule has 2 aliphatic rings. The van der Waals surface area contributed by atoms with Gasteiger partial charge in [-0.2, -0.15) is 0 Å². The van der Waals surface area contributed by atoms with Gasteiger partial charge >= 0.3 is 5.97 Å². The first-order chi connectivity index (χ1) is 9.88. The van der Waals surface area contributed by atoms with Gasteiger partial charge in [0.25, 0.3) is 0 Å². The lowest BCUT2D eigenvalue weighted by molar-refractivity contribution is -0.231. The summed E-state index contributed by atoms with van der Waals surface area (Å²) >= 11 is 0. The standard InChI is InChI=1S/C14H24O7/c1-4-5-6-9(17)18-11-10(8(16)7-15)19-13-12(11)20-14(2,3)21-13/h8,10-13,15-16H,4-7H2,1-3H3. The van der Waals surface area contributed by atoms with Crippen molar-refractivity contribution in [3.63, 3.8) is 0 Å². The van der Waals surface area contributed by atoms with E-state index in [9.17, 15) is 9.90 Å². The van der Waals surface area contributed by atoms with Crippen LogP contribution in [-0.4, -0.2) is 59.3 Å². The molecule has 0 bridgehead atoms. The molecular formula is C14H24O7. The molecular weight excluding hydrogens is 280 g/mol. The first-order valence-corrected chi connectivity index (χ1v) is 7.37. The van der Waals surface area contributed by atoms with Crippen molar-refractivity contribution in [2.75, 3.05) is 6.61 Å². The third-order valence-electron chi connectivity index (χ3n) is 3.60. The Hall–Kier alpha value is -0.730. The quantitative estimate of drug-likeness (QED) is 0.682. The van der Waals surface area contributed by atoms with Gasteiger partial charge in [-0.1, -0.05) is 13.3 Å². The molecule has 2 aliphatic heterocycles. The van der Waals surface area contributed by atoms with Crippen LogP contribution in [0.2, 0.25) is 0 Å². The highest BCUT2D eigenvalue weighted by atomic mass is 16.8. The van der Waals surface area contributed by atoms with E-state index in [2.05, 4.69) is 0 Å². The van der Waals surface area contributed by atoms with Crippen LogP contribution in [0.3, 0.4) is 0 Å². The van der Waals surface area contributed by atoms with E-state index in [1.165, 1.54) is 0 Å². The SMILES string of the molecule is CCCCC(=O)OC1C(C(O)CO)OC2OC(C)(C)OC21. The fourth-order valence-electron chi connectivity index (χ4n) is 2.58. The zero-order chi connectivity index (χ0) is 15.6. The maximum Gasteiger partial charge on any atom is 0.306 e. The van der Waals surface area contributed by atoms with Crippen LogP contribution in [0.1, 0.15) is 40.0 Å². The summed E-state index contributed by atoms with van der Waals surface area (Å²) < 4.78 is 22.2. The maximum absolute atomic E-state index is 11.8. The van der Waals surface area contributed by atoms with Gasteiger partial charge in [-0.3, -0.25) is 4.79 Å². The average Bonchev–Trinajstić information content (AvgIpc) is 2.89. The first-order valence-electron chi connectivity index (χ1n) is 7.37. The fourth-order valence-corrected chi connectivity index (χ4v) is 2.58. The lowest BCUT2D eigenvalue weighted by Crippen LogP contribution is -2.45. The van der Waals surface area contributed by atoms with Crippen molar-refractivity contribution in [3.05, 3.63) is 0 Å². The van der Waals surface area contributed by atoms with E-state index >= 15 is 0 Å². The molecule has 5 unspecified atom stereocenters. The summed E-state index contributed by atoms with van der Waals surface area (Å²) in [5.41, 5.74) is 0. The van der Waals surface area contributed by atoms with Gasteiger partial charge in [0.05, 0.1) is 6.61 Å². The molecule has 2 rings (SSSR count). The molecule has 0 spiro atoms. The number of hydrogen-bond acceptors (Lipinski definition) is 7. The van der Waals surface area contributed by atoms with E-state index in [1.54, 1.807) is 13.8 Å². The minimum absolute atomic E-state index is 0.302. The Morgan fingerprint density at radius 1 is 1.38 bits per heavy atom. The van der Waals surface area contributed by atoms with Crippen molar-refractivity contribution in [2.24, 2.45) is 0 Å². The summed E-state index contributed by atoms with van der Waals surface area (Å²) in [7, 11) is 0. The van der Waals surface area contributed by atoms with Crippen LogP contribution in [0, 0.1) is 0 Å². The van der Waals surface area contributed by atoms with Crippen molar-refractivity contribution in [3.8, 4) is 0 Å². The van der Waals surface area contributed by atoms with E-state index in [-0.39, 0.29) is 5.97 Å². The summed E-state index contributed by atoms with van der Waals surface area (Å²) in [6, 6.07) is 0. The molecule has 2 fully saturated rings. The number of aliphatic hydroxyl groups excluding tert-OH is 2. The largest absolute Gasteiger partial charge is 0.456 e. The monoisotopic (exact) mass is 304 g/mol. The van der Waals surface area contributed by atoms with E-state index in [1.807, 2.05) is 6.92 Å². The molecule has 2 heterocycles. The molecule has 2 N–H and O–H groups in total. The van der Waals surface area contributed by atoms with Crippen LogP contribution in [0.5, 0.6) is 0 Å². The smallest absolute Gasteiger partial charge is 0.306 e. The minimum Gasteiger partial charge on any atom is -0.456 e. The van der Waals surface area contributed by atoms with E-state index < -0.39 is 43.1 Å². The third kappa shape index (κ3) is 3.73. The van der Waals surface area contributed by atoms with Crippen LogP contribution in [0.25, 0.3) is 0 Å². The van der Waals surface area contributed by atoms with Crippen LogP contribution in [-0.2, 0) is 23.7 Å². The normalized spacial score (nSPS) is 35.5. The number of unbranched alkanes of at least 4 members (excludes halogenated alkanes) is 1. The summed E-state index contributed by atoms with van der Waals surface area (Å²) in [5, 5.41) is 18.9. The zero-order valence-corrected chi connectivity index (χ0v) is 12.7. The summed E-state index contributed by atoms with van der Waals surface area (Å²) in [5.74, 6) is -1.20. The average molecular weight is 304 g/mol. The maximum atomic E-state index is 11.8. The van der Waals surface area contributed by atoms with Gasteiger partial charge in [-0.05, 0) is 20.3 Å². The van der Waals surface area contributed by atoms with Crippen LogP contribution in [0.4, 0.5) is 0 Å². The van der Waals surface area contributed by atoms with Crippen molar-refractivity contribution in [1.82, 2.24) is 0 Å². The van der Waals surface area contributed by atoms with Gasteiger partial charge < -0.3 is 29.2 Å². The molecule has 7 heteroatoms. The number of fused-ring (bicyclic) bond motifs is 1. The summed E-state index contributed by atoms with van der Waals surface area (Å²) in [6.07, 6.45) is -2.19. The molecule has 5 atom stereocenters. The number of esters is 1. The topological polar surface area (TPSA) is 94.5 Å². The molecule has 0 saturated carbocycles. The number of ether oxygens (including phenoxy) is 4. The molecule has 0 amide bonds. The molecule has 0 radical (unpaired) electrons. The zero-order valence-electron chi connectivity index (χ0n) is 12.7. The predicted molar refractivity (Wildman–Crippen MR) is 71.2 cm³/mol. The Kier molecular flexibility index (Phi) is 5.21. The van der Waals surface area contributed by atoms with E-state index in [4.69, 9.17) is 24.1 Å². The highest BCUT2D eigenvalue weighted by Gasteiger charge is 2.58. The summed E-state index contributed by atoms with van der Waals surface area (Å²) in [4.78, 5) is 11.8. The second-order valence-electron chi connectivity index (χ2n) is 5.88. The lowest BCUT2D eigenvalue weighted by atomic mass is 10.1. The van der Waals surface area contributed by atoms with Crippen LogP contribution in [0.15, 0.2) is 0 Å². The van der Waals surface area contributed by atoms with Gasteiger partial charge in [0.1, 0.15) is 12.2 Å². The Labute approximate surface area is 124 Å². The predicted octanol–water partition coefficient (Wildman–Crippen LogP) is 0.318. The number of rotatable bonds is 6. The van der Waals surface area contributed by atoms with E-state index in [0.29, 0.717) is 6.42 Å². The van der Waals surface area contributed by atoms with Gasteiger partial charge in [-0.15, -0.1) is 0 Å². The van der Waals surface area contributed by atoms with Gasteiger partial charge in [-0.25, -0.2) is 0 Å². The Bertz CT molecular complexity index is 370.